The predicted molar refractivity (Wildman–Crippen MR) is 83.0 cm³/mol. The number of rotatable bonds is 3. The van der Waals surface area contributed by atoms with Crippen molar-refractivity contribution >= 4 is 51.4 Å². The number of hydrogen-bond acceptors (Lipinski definition) is 4. The summed E-state index contributed by atoms with van der Waals surface area (Å²) in [5.74, 6) is -1.58. The molecule has 0 spiro atoms. The Kier molecular flexibility index (Phi) is 4.51. The third kappa shape index (κ3) is 3.34. The third-order valence-corrected chi connectivity index (χ3v) is 4.36. The number of carbonyl (C=O) groups excluding carboxylic acids is 1. The highest BCUT2D eigenvalue weighted by molar-refractivity contribution is 7.16. The Bertz CT molecular complexity index is 723. The minimum absolute atomic E-state index is 0.0876. The molecule has 2 aromatic rings. The normalized spacial score (nSPS) is 10.5. The van der Waals surface area contributed by atoms with Crippen LogP contribution in [0.1, 0.15) is 31.2 Å². The molecule has 0 unspecified atom stereocenters. The number of thiophene rings is 1. The first-order chi connectivity index (χ1) is 9.79. The number of carboxylic acids is 1. The van der Waals surface area contributed by atoms with Gasteiger partial charge in [0.15, 0.2) is 0 Å². The van der Waals surface area contributed by atoms with Gasteiger partial charge >= 0.3 is 5.97 Å². The number of aromatic nitrogens is 1. The SMILES string of the molecule is Cc1sc(NC(=O)c2cc(Cl)nc(Cl)c2)c(C(=O)O)c1C. The minimum atomic E-state index is -1.09. The van der Waals surface area contributed by atoms with Gasteiger partial charge in [0.1, 0.15) is 15.3 Å². The van der Waals surface area contributed by atoms with E-state index in [4.69, 9.17) is 23.2 Å². The van der Waals surface area contributed by atoms with Crippen LogP contribution in [0.3, 0.4) is 0 Å². The lowest BCUT2D eigenvalue weighted by Crippen LogP contribution is -2.13. The van der Waals surface area contributed by atoms with Crippen LogP contribution in [0.25, 0.3) is 0 Å². The molecule has 0 aliphatic rings. The summed E-state index contributed by atoms with van der Waals surface area (Å²) in [5, 5.41) is 12.3. The van der Waals surface area contributed by atoms with Crippen molar-refractivity contribution in [3.8, 4) is 0 Å². The van der Waals surface area contributed by atoms with Crippen molar-refractivity contribution in [3.63, 3.8) is 0 Å². The van der Waals surface area contributed by atoms with Crippen LogP contribution in [0.15, 0.2) is 12.1 Å². The molecule has 0 saturated heterocycles. The molecular formula is C13H10Cl2N2O3S. The Morgan fingerprint density at radius 3 is 2.33 bits per heavy atom. The summed E-state index contributed by atoms with van der Waals surface area (Å²) < 4.78 is 0. The zero-order valence-electron chi connectivity index (χ0n) is 11.0. The number of amides is 1. The van der Waals surface area contributed by atoms with Crippen molar-refractivity contribution in [1.29, 1.82) is 0 Å². The maximum Gasteiger partial charge on any atom is 0.338 e. The Morgan fingerprint density at radius 2 is 1.81 bits per heavy atom. The second-order valence-electron chi connectivity index (χ2n) is 4.25. The van der Waals surface area contributed by atoms with Crippen LogP contribution in [-0.4, -0.2) is 22.0 Å². The van der Waals surface area contributed by atoms with Gasteiger partial charge in [0, 0.05) is 10.4 Å². The molecule has 2 rings (SSSR count). The molecule has 0 aromatic carbocycles. The van der Waals surface area contributed by atoms with Crippen molar-refractivity contribution in [2.24, 2.45) is 0 Å². The van der Waals surface area contributed by atoms with Crippen molar-refractivity contribution in [1.82, 2.24) is 4.98 Å². The van der Waals surface area contributed by atoms with E-state index in [2.05, 4.69) is 10.3 Å². The summed E-state index contributed by atoms with van der Waals surface area (Å²) in [4.78, 5) is 28.0. The molecule has 0 bridgehead atoms. The molecule has 5 nitrogen and oxygen atoms in total. The summed E-state index contributed by atoms with van der Waals surface area (Å²) in [5.41, 5.74) is 0.936. The van der Waals surface area contributed by atoms with E-state index in [0.29, 0.717) is 5.56 Å². The number of aromatic carboxylic acids is 1. The molecule has 0 aliphatic heterocycles. The fourth-order valence-corrected chi connectivity index (χ4v) is 3.25. The zero-order chi connectivity index (χ0) is 15.7. The van der Waals surface area contributed by atoms with E-state index in [0.717, 1.165) is 4.88 Å². The summed E-state index contributed by atoms with van der Waals surface area (Å²) in [6.07, 6.45) is 0. The summed E-state index contributed by atoms with van der Waals surface area (Å²) in [6.45, 7) is 3.49. The largest absolute Gasteiger partial charge is 0.478 e. The highest BCUT2D eigenvalue weighted by Gasteiger charge is 2.21. The number of aryl methyl sites for hydroxylation is 1. The Hall–Kier alpha value is -1.63. The zero-order valence-corrected chi connectivity index (χ0v) is 13.4. The molecule has 2 N–H and O–H groups in total. The average molecular weight is 345 g/mol. The van der Waals surface area contributed by atoms with E-state index < -0.39 is 11.9 Å². The number of hydrogen-bond donors (Lipinski definition) is 2. The van der Waals surface area contributed by atoms with Gasteiger partial charge in [-0.3, -0.25) is 4.79 Å². The van der Waals surface area contributed by atoms with E-state index in [1.165, 1.54) is 23.5 Å². The average Bonchev–Trinajstić information content (AvgIpc) is 2.63. The number of nitrogens with one attached hydrogen (secondary N) is 1. The molecule has 0 radical (unpaired) electrons. The fourth-order valence-electron chi connectivity index (χ4n) is 1.74. The van der Waals surface area contributed by atoms with Gasteiger partial charge in [-0.2, -0.15) is 0 Å². The first kappa shape index (κ1) is 15.8. The van der Waals surface area contributed by atoms with Crippen LogP contribution in [0.5, 0.6) is 0 Å². The highest BCUT2D eigenvalue weighted by Crippen LogP contribution is 2.32. The van der Waals surface area contributed by atoms with Gasteiger partial charge in [-0.1, -0.05) is 23.2 Å². The Morgan fingerprint density at radius 1 is 1.24 bits per heavy atom. The molecule has 1 amide bonds. The lowest BCUT2D eigenvalue weighted by Gasteiger charge is -2.05. The van der Waals surface area contributed by atoms with Crippen molar-refractivity contribution in [2.45, 2.75) is 13.8 Å². The van der Waals surface area contributed by atoms with E-state index in [9.17, 15) is 14.7 Å². The van der Waals surface area contributed by atoms with Crippen molar-refractivity contribution in [3.05, 3.63) is 44.0 Å². The number of carbonyl (C=O) groups is 2. The highest BCUT2D eigenvalue weighted by atomic mass is 35.5. The fraction of sp³-hybridized carbons (Fsp3) is 0.154. The van der Waals surface area contributed by atoms with Crippen LogP contribution in [0.2, 0.25) is 10.3 Å². The summed E-state index contributed by atoms with van der Waals surface area (Å²) >= 11 is 12.7. The smallest absolute Gasteiger partial charge is 0.338 e. The van der Waals surface area contributed by atoms with Gasteiger partial charge in [0.25, 0.3) is 5.91 Å². The first-order valence-corrected chi connectivity index (χ1v) is 7.34. The molecule has 2 aromatic heterocycles. The predicted octanol–water partition coefficient (Wildman–Crippen LogP) is 4.02. The molecule has 0 saturated carbocycles. The van der Waals surface area contributed by atoms with Gasteiger partial charge < -0.3 is 10.4 Å². The van der Waals surface area contributed by atoms with Crippen LogP contribution < -0.4 is 5.32 Å². The molecule has 110 valence electrons. The topological polar surface area (TPSA) is 79.3 Å². The quantitative estimate of drug-likeness (QED) is 0.824. The van der Waals surface area contributed by atoms with Crippen LogP contribution in [0.4, 0.5) is 5.00 Å². The standard InChI is InChI=1S/C13H10Cl2N2O3S/c1-5-6(2)21-12(10(5)13(19)20)17-11(18)7-3-8(14)16-9(15)4-7/h3-4H,1-2H3,(H,17,18)(H,19,20). The molecule has 0 atom stereocenters. The molecule has 0 aliphatic carbocycles. The number of anilines is 1. The van der Waals surface area contributed by atoms with Gasteiger partial charge in [0.05, 0.1) is 5.56 Å². The second kappa shape index (κ2) is 6.01. The van der Waals surface area contributed by atoms with Gasteiger partial charge in [-0.15, -0.1) is 11.3 Å². The molecular weight excluding hydrogens is 335 g/mol. The number of nitrogens with zero attached hydrogens (tertiary/aromatic N) is 1. The molecule has 0 fully saturated rings. The van der Waals surface area contributed by atoms with Gasteiger partial charge in [0.2, 0.25) is 0 Å². The lowest BCUT2D eigenvalue weighted by molar-refractivity contribution is 0.0697. The summed E-state index contributed by atoms with van der Waals surface area (Å²) in [7, 11) is 0. The van der Waals surface area contributed by atoms with Gasteiger partial charge in [-0.25, -0.2) is 9.78 Å². The Balaban J connectivity index is 2.36. The van der Waals surface area contributed by atoms with Gasteiger partial charge in [-0.05, 0) is 31.5 Å². The minimum Gasteiger partial charge on any atom is -0.478 e. The first-order valence-electron chi connectivity index (χ1n) is 5.77. The van der Waals surface area contributed by atoms with E-state index in [-0.39, 0.29) is 26.4 Å². The van der Waals surface area contributed by atoms with E-state index >= 15 is 0 Å². The molecule has 21 heavy (non-hydrogen) atoms. The van der Waals surface area contributed by atoms with Crippen molar-refractivity contribution in [2.75, 3.05) is 5.32 Å². The number of halogens is 2. The van der Waals surface area contributed by atoms with Crippen LogP contribution >= 0.6 is 34.5 Å². The number of pyridine rings is 1. The maximum atomic E-state index is 12.2. The lowest BCUT2D eigenvalue weighted by atomic mass is 10.1. The monoisotopic (exact) mass is 344 g/mol. The number of carboxylic acid groups (broad SMARTS) is 1. The molecule has 8 heteroatoms. The van der Waals surface area contributed by atoms with E-state index in [1.807, 2.05) is 0 Å². The van der Waals surface area contributed by atoms with E-state index in [1.54, 1.807) is 13.8 Å². The molecule has 2 heterocycles. The Labute approximate surface area is 134 Å². The maximum absolute atomic E-state index is 12.2. The van der Waals surface area contributed by atoms with Crippen LogP contribution in [0, 0.1) is 13.8 Å². The van der Waals surface area contributed by atoms with Crippen molar-refractivity contribution < 1.29 is 14.7 Å². The third-order valence-electron chi connectivity index (χ3n) is 2.85. The van der Waals surface area contributed by atoms with Crippen LogP contribution in [-0.2, 0) is 0 Å². The second-order valence-corrected chi connectivity index (χ2v) is 6.25. The summed E-state index contributed by atoms with van der Waals surface area (Å²) in [6, 6.07) is 2.72.